The standard InChI is InChI=1S/C21H26O3/c1-2-21(22)24-9-8-23-18-5-3-4-14(11-18)17-12-19-15-6-7-16(10-15)20(19)13-17/h2-5,11,15-17,19-20H,1,6-10,12-13H2. The normalized spacial score (nSPS) is 33.2. The molecule has 3 heteroatoms. The second kappa shape index (κ2) is 6.62. The predicted molar refractivity (Wildman–Crippen MR) is 92.9 cm³/mol. The Morgan fingerprint density at radius 3 is 2.58 bits per heavy atom. The Morgan fingerprint density at radius 1 is 1.12 bits per heavy atom. The van der Waals surface area contributed by atoms with Crippen LogP contribution in [0.2, 0.25) is 0 Å². The fourth-order valence-corrected chi connectivity index (χ4v) is 5.51. The van der Waals surface area contributed by atoms with E-state index in [1.165, 1.54) is 43.7 Å². The van der Waals surface area contributed by atoms with Crippen LogP contribution in [0.1, 0.15) is 43.6 Å². The molecule has 24 heavy (non-hydrogen) atoms. The first-order valence-electron chi connectivity index (χ1n) is 9.26. The summed E-state index contributed by atoms with van der Waals surface area (Å²) >= 11 is 0. The van der Waals surface area contributed by atoms with Crippen molar-refractivity contribution in [2.45, 2.75) is 38.0 Å². The molecule has 3 saturated carbocycles. The van der Waals surface area contributed by atoms with Crippen LogP contribution in [-0.4, -0.2) is 19.2 Å². The molecule has 0 saturated heterocycles. The van der Waals surface area contributed by atoms with Crippen LogP contribution >= 0.6 is 0 Å². The van der Waals surface area contributed by atoms with Crippen molar-refractivity contribution in [3.63, 3.8) is 0 Å². The molecular formula is C21H26O3. The van der Waals surface area contributed by atoms with Crippen molar-refractivity contribution in [3.05, 3.63) is 42.5 Å². The fraction of sp³-hybridized carbons (Fsp3) is 0.571. The topological polar surface area (TPSA) is 35.5 Å². The molecule has 4 rings (SSSR count). The third kappa shape index (κ3) is 2.97. The molecule has 0 spiro atoms. The molecule has 3 fully saturated rings. The van der Waals surface area contributed by atoms with Gasteiger partial charge in [0.2, 0.25) is 0 Å². The van der Waals surface area contributed by atoms with E-state index in [0.29, 0.717) is 12.5 Å². The van der Waals surface area contributed by atoms with Crippen LogP contribution in [0.3, 0.4) is 0 Å². The maximum absolute atomic E-state index is 11.0. The van der Waals surface area contributed by atoms with Gasteiger partial charge >= 0.3 is 5.97 Å². The summed E-state index contributed by atoms with van der Waals surface area (Å²) in [6, 6.07) is 8.50. The summed E-state index contributed by atoms with van der Waals surface area (Å²) in [7, 11) is 0. The molecule has 0 heterocycles. The number of rotatable bonds is 6. The van der Waals surface area contributed by atoms with Crippen molar-refractivity contribution in [3.8, 4) is 5.75 Å². The zero-order chi connectivity index (χ0) is 16.5. The summed E-state index contributed by atoms with van der Waals surface area (Å²) in [5.41, 5.74) is 1.42. The highest BCUT2D eigenvalue weighted by Gasteiger charge is 2.51. The van der Waals surface area contributed by atoms with Crippen LogP contribution in [0.25, 0.3) is 0 Å². The molecule has 4 unspecified atom stereocenters. The van der Waals surface area contributed by atoms with Crippen molar-refractivity contribution in [1.82, 2.24) is 0 Å². The largest absolute Gasteiger partial charge is 0.490 e. The van der Waals surface area contributed by atoms with Gasteiger partial charge in [-0.2, -0.15) is 0 Å². The Hall–Kier alpha value is -1.77. The van der Waals surface area contributed by atoms with Crippen LogP contribution in [0.15, 0.2) is 36.9 Å². The molecule has 128 valence electrons. The smallest absolute Gasteiger partial charge is 0.330 e. The minimum absolute atomic E-state index is 0.256. The number of carbonyl (C=O) groups is 1. The van der Waals surface area contributed by atoms with Crippen LogP contribution in [0.5, 0.6) is 5.75 Å². The van der Waals surface area contributed by atoms with Gasteiger partial charge in [-0.1, -0.05) is 18.7 Å². The molecule has 1 aromatic rings. The van der Waals surface area contributed by atoms with Crippen LogP contribution in [-0.2, 0) is 9.53 Å². The Balaban J connectivity index is 1.34. The van der Waals surface area contributed by atoms with Gasteiger partial charge < -0.3 is 9.47 Å². The highest BCUT2D eigenvalue weighted by Crippen LogP contribution is 2.61. The first-order valence-corrected chi connectivity index (χ1v) is 9.26. The Bertz CT molecular complexity index is 605. The molecule has 0 aliphatic heterocycles. The van der Waals surface area contributed by atoms with Gasteiger partial charge in [0, 0.05) is 6.08 Å². The van der Waals surface area contributed by atoms with Gasteiger partial charge in [0.1, 0.15) is 19.0 Å². The summed E-state index contributed by atoms with van der Waals surface area (Å²) < 4.78 is 10.7. The van der Waals surface area contributed by atoms with Crippen molar-refractivity contribution in [2.75, 3.05) is 13.2 Å². The molecule has 2 bridgehead atoms. The number of hydrogen-bond donors (Lipinski definition) is 0. The summed E-state index contributed by atoms with van der Waals surface area (Å²) in [6.45, 7) is 4.01. The second-order valence-corrected chi connectivity index (χ2v) is 7.62. The van der Waals surface area contributed by atoms with Crippen molar-refractivity contribution >= 4 is 5.97 Å². The molecule has 4 atom stereocenters. The minimum Gasteiger partial charge on any atom is -0.490 e. The van der Waals surface area contributed by atoms with E-state index in [2.05, 4.69) is 24.8 Å². The molecular weight excluding hydrogens is 300 g/mol. The number of fused-ring (bicyclic) bond motifs is 5. The van der Waals surface area contributed by atoms with Crippen molar-refractivity contribution in [2.24, 2.45) is 23.7 Å². The average Bonchev–Trinajstić information content (AvgIpc) is 3.31. The number of ether oxygens (including phenoxy) is 2. The predicted octanol–water partition coefficient (Wildman–Crippen LogP) is 4.33. The zero-order valence-electron chi connectivity index (χ0n) is 14.2. The van der Waals surface area contributed by atoms with E-state index in [4.69, 9.17) is 9.47 Å². The number of carbonyl (C=O) groups excluding carboxylic acids is 1. The number of esters is 1. The van der Waals surface area contributed by atoms with Gasteiger partial charge in [0.05, 0.1) is 0 Å². The highest BCUT2D eigenvalue weighted by atomic mass is 16.6. The Kier molecular flexibility index (Phi) is 4.34. The summed E-state index contributed by atoms with van der Waals surface area (Å²) in [5, 5.41) is 0. The average molecular weight is 326 g/mol. The maximum Gasteiger partial charge on any atom is 0.330 e. The third-order valence-electron chi connectivity index (χ3n) is 6.48. The monoisotopic (exact) mass is 326 g/mol. The second-order valence-electron chi connectivity index (χ2n) is 7.62. The van der Waals surface area contributed by atoms with Gasteiger partial charge in [-0.3, -0.25) is 0 Å². The summed E-state index contributed by atoms with van der Waals surface area (Å²) in [4.78, 5) is 11.0. The molecule has 3 nitrogen and oxygen atoms in total. The molecule has 1 aromatic carbocycles. The summed E-state index contributed by atoms with van der Waals surface area (Å²) in [5.74, 6) is 5.17. The van der Waals surface area contributed by atoms with Gasteiger partial charge in [-0.25, -0.2) is 4.79 Å². The Labute approximate surface area is 144 Å². The minimum atomic E-state index is -0.403. The highest BCUT2D eigenvalue weighted by molar-refractivity contribution is 5.81. The molecule has 0 N–H and O–H groups in total. The maximum atomic E-state index is 11.0. The van der Waals surface area contributed by atoms with Gasteiger partial charge in [-0.15, -0.1) is 0 Å². The molecule has 0 radical (unpaired) electrons. The van der Waals surface area contributed by atoms with Gasteiger partial charge in [0.15, 0.2) is 0 Å². The SMILES string of the molecule is C=CC(=O)OCCOc1cccc(C2CC3C4CCC(C4)C3C2)c1. The van der Waals surface area contributed by atoms with E-state index in [9.17, 15) is 4.79 Å². The van der Waals surface area contributed by atoms with Crippen LogP contribution < -0.4 is 4.74 Å². The lowest BCUT2D eigenvalue weighted by Crippen LogP contribution is -2.15. The molecule has 3 aliphatic rings. The van der Waals surface area contributed by atoms with Gasteiger partial charge in [0.25, 0.3) is 0 Å². The van der Waals surface area contributed by atoms with E-state index in [-0.39, 0.29) is 6.61 Å². The van der Waals surface area contributed by atoms with Crippen LogP contribution in [0.4, 0.5) is 0 Å². The zero-order valence-corrected chi connectivity index (χ0v) is 14.2. The summed E-state index contributed by atoms with van der Waals surface area (Å²) in [6.07, 6.45) is 8.37. The lowest BCUT2D eigenvalue weighted by atomic mass is 9.82. The number of benzene rings is 1. The quantitative estimate of drug-likeness (QED) is 0.443. The molecule has 0 aromatic heterocycles. The van der Waals surface area contributed by atoms with Crippen molar-refractivity contribution < 1.29 is 14.3 Å². The van der Waals surface area contributed by atoms with E-state index < -0.39 is 5.97 Å². The Morgan fingerprint density at radius 2 is 1.88 bits per heavy atom. The van der Waals surface area contributed by atoms with Crippen LogP contribution in [0, 0.1) is 23.7 Å². The molecule has 3 aliphatic carbocycles. The molecule has 0 amide bonds. The fourth-order valence-electron chi connectivity index (χ4n) is 5.51. The first-order chi connectivity index (χ1) is 11.7. The lowest BCUT2D eigenvalue weighted by molar-refractivity contribution is -0.138. The third-order valence-corrected chi connectivity index (χ3v) is 6.48. The first kappa shape index (κ1) is 15.7. The van der Waals surface area contributed by atoms with E-state index in [0.717, 1.165) is 29.4 Å². The van der Waals surface area contributed by atoms with E-state index >= 15 is 0 Å². The van der Waals surface area contributed by atoms with Gasteiger partial charge in [-0.05, 0) is 79.4 Å². The number of hydrogen-bond acceptors (Lipinski definition) is 3. The van der Waals surface area contributed by atoms with Crippen molar-refractivity contribution in [1.29, 1.82) is 0 Å². The lowest BCUT2D eigenvalue weighted by Gasteiger charge is -2.23. The van der Waals surface area contributed by atoms with E-state index in [1.807, 2.05) is 6.07 Å². The van der Waals surface area contributed by atoms with E-state index in [1.54, 1.807) is 0 Å².